The lowest BCUT2D eigenvalue weighted by Gasteiger charge is -2.44. The predicted octanol–water partition coefficient (Wildman–Crippen LogP) is 2.95. The van der Waals surface area contributed by atoms with Crippen molar-refractivity contribution in [3.8, 4) is 5.75 Å². The molecule has 1 aromatic rings. The molecule has 1 atom stereocenters. The molecule has 3 aliphatic heterocycles. The van der Waals surface area contributed by atoms with Crippen molar-refractivity contribution in [1.29, 1.82) is 0 Å². The summed E-state index contributed by atoms with van der Waals surface area (Å²) in [6.45, 7) is 12.7. The van der Waals surface area contributed by atoms with Crippen molar-refractivity contribution >= 4 is 0 Å². The third-order valence-corrected chi connectivity index (χ3v) is 7.86. The molecule has 1 aromatic carbocycles. The minimum absolute atomic E-state index is 0.456. The number of piperazine rings is 1. The van der Waals surface area contributed by atoms with Gasteiger partial charge in [-0.3, -0.25) is 9.80 Å². The molecule has 0 N–H and O–H groups in total. The van der Waals surface area contributed by atoms with E-state index in [0.717, 1.165) is 57.7 Å². The molecule has 4 rings (SSSR count). The summed E-state index contributed by atoms with van der Waals surface area (Å²) < 4.78 is 10.7. The van der Waals surface area contributed by atoms with Gasteiger partial charge in [-0.05, 0) is 69.6 Å². The lowest BCUT2D eigenvalue weighted by molar-refractivity contribution is 0.0445. The molecule has 0 radical (unpaired) electrons. The summed E-state index contributed by atoms with van der Waals surface area (Å²) in [4.78, 5) is 10.8. The number of hydrogen-bond acceptors (Lipinski definition) is 6. The first-order chi connectivity index (χ1) is 15.8. The van der Waals surface area contributed by atoms with Crippen LogP contribution in [0.5, 0.6) is 5.75 Å². The Bertz CT molecular complexity index is 648. The highest BCUT2D eigenvalue weighted by Crippen LogP contribution is 2.28. The van der Waals surface area contributed by atoms with Gasteiger partial charge in [0.15, 0.2) is 0 Å². The Kier molecular flexibility index (Phi) is 9.23. The molecular weight excluding hydrogens is 400 g/mol. The summed E-state index contributed by atoms with van der Waals surface area (Å²) in [6.07, 6.45) is 6.89. The highest BCUT2D eigenvalue weighted by atomic mass is 16.5. The second kappa shape index (κ2) is 12.3. The van der Waals surface area contributed by atoms with Gasteiger partial charge >= 0.3 is 0 Å². The van der Waals surface area contributed by atoms with Crippen molar-refractivity contribution in [3.63, 3.8) is 0 Å². The average molecular weight is 445 g/mol. The zero-order chi connectivity index (χ0) is 22.2. The van der Waals surface area contributed by atoms with Crippen molar-refractivity contribution in [2.24, 2.45) is 0 Å². The fraction of sp³-hybridized carbons (Fsp3) is 0.769. The fourth-order valence-corrected chi connectivity index (χ4v) is 5.77. The van der Waals surface area contributed by atoms with E-state index in [2.05, 4.69) is 43.9 Å². The Morgan fingerprint density at radius 1 is 0.812 bits per heavy atom. The van der Waals surface area contributed by atoms with Crippen molar-refractivity contribution in [1.82, 2.24) is 19.6 Å². The summed E-state index contributed by atoms with van der Waals surface area (Å²) in [5.41, 5.74) is 1.43. The number of benzene rings is 1. The van der Waals surface area contributed by atoms with Crippen LogP contribution in [0.2, 0.25) is 0 Å². The van der Waals surface area contributed by atoms with E-state index in [-0.39, 0.29) is 0 Å². The van der Waals surface area contributed by atoms with E-state index in [9.17, 15) is 0 Å². The molecule has 0 aromatic heterocycles. The van der Waals surface area contributed by atoms with Crippen LogP contribution in [-0.4, -0.2) is 112 Å². The molecule has 0 amide bonds. The third-order valence-electron chi connectivity index (χ3n) is 7.86. The van der Waals surface area contributed by atoms with Crippen LogP contribution in [0.1, 0.15) is 43.7 Å². The average Bonchev–Trinajstić information content (AvgIpc) is 2.87. The molecule has 0 bridgehead atoms. The quantitative estimate of drug-likeness (QED) is 0.582. The molecule has 3 heterocycles. The second-order valence-electron chi connectivity index (χ2n) is 9.79. The van der Waals surface area contributed by atoms with E-state index >= 15 is 0 Å². The fourth-order valence-electron chi connectivity index (χ4n) is 5.77. The second-order valence-corrected chi connectivity index (χ2v) is 9.79. The van der Waals surface area contributed by atoms with Crippen LogP contribution in [-0.2, 0) is 4.74 Å². The molecule has 0 aliphatic carbocycles. The van der Waals surface area contributed by atoms with E-state index in [4.69, 9.17) is 9.47 Å². The summed E-state index contributed by atoms with van der Waals surface area (Å²) in [6, 6.07) is 10.1. The number of rotatable bonds is 9. The monoisotopic (exact) mass is 444 g/mol. The van der Waals surface area contributed by atoms with Gasteiger partial charge in [-0.25, -0.2) is 0 Å². The molecule has 6 nitrogen and oxygen atoms in total. The van der Waals surface area contributed by atoms with Gasteiger partial charge in [-0.1, -0.05) is 18.6 Å². The van der Waals surface area contributed by atoms with Gasteiger partial charge in [0.2, 0.25) is 0 Å². The summed E-state index contributed by atoms with van der Waals surface area (Å²) >= 11 is 0. The first-order valence-corrected chi connectivity index (χ1v) is 12.8. The maximum Gasteiger partial charge on any atom is 0.118 e. The Morgan fingerprint density at radius 3 is 2.12 bits per heavy atom. The molecule has 3 aliphatic rings. The first kappa shape index (κ1) is 24.0. The summed E-state index contributed by atoms with van der Waals surface area (Å²) in [5, 5.41) is 0. The summed E-state index contributed by atoms with van der Waals surface area (Å²) in [7, 11) is 3.54. The van der Waals surface area contributed by atoms with Crippen molar-refractivity contribution in [2.45, 2.75) is 44.2 Å². The lowest BCUT2D eigenvalue weighted by Crippen LogP contribution is -2.52. The van der Waals surface area contributed by atoms with Crippen LogP contribution in [0, 0.1) is 0 Å². The third kappa shape index (κ3) is 6.45. The molecule has 0 saturated carbocycles. The van der Waals surface area contributed by atoms with E-state index in [0.29, 0.717) is 6.04 Å². The maximum atomic E-state index is 5.42. The predicted molar refractivity (Wildman–Crippen MR) is 131 cm³/mol. The zero-order valence-electron chi connectivity index (χ0n) is 20.4. The van der Waals surface area contributed by atoms with Gasteiger partial charge in [0.05, 0.1) is 13.7 Å². The van der Waals surface area contributed by atoms with Crippen LogP contribution in [0.25, 0.3) is 0 Å². The first-order valence-electron chi connectivity index (χ1n) is 12.8. The molecular formula is C26H44N4O2. The standard InChI is InChI=1S/C26H44N4O2/c1-31-21-20-27-16-18-30(19-17-27)26(23-6-8-25(32-2)9-7-23)22-28-14-10-24(11-15-28)29-12-4-3-5-13-29/h6-9,24,26H,3-5,10-22H2,1-2H3. The van der Waals surface area contributed by atoms with E-state index in [1.54, 1.807) is 14.2 Å². The zero-order valence-corrected chi connectivity index (χ0v) is 20.4. The number of hydrogen-bond donors (Lipinski definition) is 0. The van der Waals surface area contributed by atoms with E-state index in [1.807, 2.05) is 0 Å². The van der Waals surface area contributed by atoms with Gasteiger partial charge in [-0.2, -0.15) is 0 Å². The number of methoxy groups -OCH3 is 2. The Labute approximate surface area is 195 Å². The Balaban J connectivity index is 1.36. The molecule has 3 fully saturated rings. The smallest absolute Gasteiger partial charge is 0.118 e. The van der Waals surface area contributed by atoms with Crippen LogP contribution in [0.15, 0.2) is 24.3 Å². The number of ether oxygens (including phenoxy) is 2. The van der Waals surface area contributed by atoms with Crippen LogP contribution in [0.3, 0.4) is 0 Å². The van der Waals surface area contributed by atoms with Crippen molar-refractivity contribution in [3.05, 3.63) is 29.8 Å². The van der Waals surface area contributed by atoms with Crippen molar-refractivity contribution in [2.75, 3.05) is 86.3 Å². The Morgan fingerprint density at radius 2 is 1.50 bits per heavy atom. The number of likely N-dealkylation sites (tertiary alicyclic amines) is 2. The van der Waals surface area contributed by atoms with Gasteiger partial charge < -0.3 is 19.3 Å². The minimum Gasteiger partial charge on any atom is -0.497 e. The highest BCUT2D eigenvalue weighted by Gasteiger charge is 2.30. The van der Waals surface area contributed by atoms with E-state index < -0.39 is 0 Å². The molecule has 3 saturated heterocycles. The van der Waals surface area contributed by atoms with Crippen LogP contribution in [0.4, 0.5) is 0 Å². The Hall–Kier alpha value is -1.18. The molecule has 0 spiro atoms. The molecule has 32 heavy (non-hydrogen) atoms. The largest absolute Gasteiger partial charge is 0.497 e. The SMILES string of the molecule is COCCN1CCN(C(CN2CCC(N3CCCCC3)CC2)c2ccc(OC)cc2)CC1. The summed E-state index contributed by atoms with van der Waals surface area (Å²) in [5.74, 6) is 0.944. The molecule has 180 valence electrons. The normalized spacial score (nSPS) is 23.9. The van der Waals surface area contributed by atoms with Crippen LogP contribution < -0.4 is 4.74 Å². The highest BCUT2D eigenvalue weighted by molar-refractivity contribution is 5.29. The number of piperidine rings is 2. The van der Waals surface area contributed by atoms with Crippen molar-refractivity contribution < 1.29 is 9.47 Å². The van der Waals surface area contributed by atoms with Gasteiger partial charge in [0.1, 0.15) is 5.75 Å². The molecule has 1 unspecified atom stereocenters. The lowest BCUT2D eigenvalue weighted by atomic mass is 9.98. The van der Waals surface area contributed by atoms with Gasteiger partial charge in [0, 0.05) is 58.5 Å². The maximum absolute atomic E-state index is 5.42. The van der Waals surface area contributed by atoms with Gasteiger partial charge in [0.25, 0.3) is 0 Å². The number of nitrogens with zero attached hydrogens (tertiary/aromatic N) is 4. The minimum atomic E-state index is 0.456. The topological polar surface area (TPSA) is 31.4 Å². The van der Waals surface area contributed by atoms with E-state index in [1.165, 1.54) is 63.8 Å². The van der Waals surface area contributed by atoms with Gasteiger partial charge in [-0.15, -0.1) is 0 Å². The van der Waals surface area contributed by atoms with Crippen LogP contribution >= 0.6 is 0 Å². The molecule has 6 heteroatoms.